The van der Waals surface area contributed by atoms with Crippen LogP contribution in [0.3, 0.4) is 0 Å². The van der Waals surface area contributed by atoms with Crippen LogP contribution in [0.5, 0.6) is 0 Å². The highest BCUT2D eigenvalue weighted by molar-refractivity contribution is 5.81. The van der Waals surface area contributed by atoms with Crippen molar-refractivity contribution in [3.63, 3.8) is 0 Å². The van der Waals surface area contributed by atoms with Crippen LogP contribution >= 0.6 is 0 Å². The van der Waals surface area contributed by atoms with E-state index in [0.717, 1.165) is 25.9 Å². The van der Waals surface area contributed by atoms with Gasteiger partial charge in [-0.3, -0.25) is 4.79 Å². The predicted octanol–water partition coefficient (Wildman–Crippen LogP) is -0.325. The number of likely N-dealkylation sites (tertiary alicyclic amines) is 1. The average molecular weight is 185 g/mol. The average Bonchev–Trinajstić information content (AvgIpc) is 2.18. The minimum Gasteiger partial charge on any atom is -0.341 e. The Kier molecular flexibility index (Phi) is 4.18. The lowest BCUT2D eigenvalue weighted by molar-refractivity contribution is -0.133. The first-order chi connectivity index (χ1) is 6.25. The number of amides is 1. The van der Waals surface area contributed by atoms with Crippen LogP contribution in [0, 0.1) is 0 Å². The van der Waals surface area contributed by atoms with Crippen LogP contribution in [-0.2, 0) is 4.79 Å². The van der Waals surface area contributed by atoms with Crippen LogP contribution in [0.1, 0.15) is 25.7 Å². The topological polar surface area (TPSA) is 72.3 Å². The monoisotopic (exact) mass is 185 g/mol. The highest BCUT2D eigenvalue weighted by Crippen LogP contribution is 2.09. The lowest BCUT2D eigenvalue weighted by atomic mass is 10.1. The summed E-state index contributed by atoms with van der Waals surface area (Å²) in [5.41, 5.74) is 11.0. The summed E-state index contributed by atoms with van der Waals surface area (Å²) >= 11 is 0. The van der Waals surface area contributed by atoms with Crippen molar-refractivity contribution >= 4 is 5.91 Å². The Bertz CT molecular complexity index is 166. The minimum atomic E-state index is -0.386. The molecule has 0 saturated carbocycles. The molecular formula is C9H19N3O. The van der Waals surface area contributed by atoms with E-state index >= 15 is 0 Å². The van der Waals surface area contributed by atoms with Crippen LogP contribution in [0.2, 0.25) is 0 Å². The van der Waals surface area contributed by atoms with Gasteiger partial charge >= 0.3 is 0 Å². The van der Waals surface area contributed by atoms with Crippen molar-refractivity contribution in [1.29, 1.82) is 0 Å². The van der Waals surface area contributed by atoms with E-state index in [1.54, 1.807) is 0 Å². The molecule has 0 bridgehead atoms. The lowest BCUT2D eigenvalue weighted by Gasteiger charge is -2.28. The van der Waals surface area contributed by atoms with E-state index in [1.807, 2.05) is 4.90 Å². The normalized spacial score (nSPS) is 20.0. The first-order valence-corrected chi connectivity index (χ1v) is 5.00. The summed E-state index contributed by atoms with van der Waals surface area (Å²) in [6, 6.07) is -0.386. The molecule has 1 aliphatic rings. The van der Waals surface area contributed by atoms with Gasteiger partial charge in [-0.1, -0.05) is 0 Å². The van der Waals surface area contributed by atoms with E-state index in [0.29, 0.717) is 13.0 Å². The molecule has 76 valence electrons. The van der Waals surface area contributed by atoms with Gasteiger partial charge in [0.15, 0.2) is 0 Å². The summed E-state index contributed by atoms with van der Waals surface area (Å²) in [6.07, 6.45) is 4.05. The molecule has 13 heavy (non-hydrogen) atoms. The van der Waals surface area contributed by atoms with Crippen molar-refractivity contribution in [3.05, 3.63) is 0 Å². The number of piperidine rings is 1. The quantitative estimate of drug-likeness (QED) is 0.632. The van der Waals surface area contributed by atoms with Gasteiger partial charge in [-0.25, -0.2) is 0 Å². The zero-order valence-electron chi connectivity index (χ0n) is 8.04. The fourth-order valence-corrected chi connectivity index (χ4v) is 1.65. The number of nitrogens with zero attached hydrogens (tertiary/aromatic N) is 1. The van der Waals surface area contributed by atoms with E-state index in [2.05, 4.69) is 0 Å². The Hall–Kier alpha value is -0.610. The Morgan fingerprint density at radius 2 is 1.92 bits per heavy atom. The van der Waals surface area contributed by atoms with E-state index in [1.165, 1.54) is 6.42 Å². The van der Waals surface area contributed by atoms with Crippen LogP contribution in [-0.4, -0.2) is 36.5 Å². The number of hydrogen-bond acceptors (Lipinski definition) is 3. The molecule has 1 heterocycles. The second-order valence-corrected chi connectivity index (χ2v) is 3.57. The first kappa shape index (κ1) is 10.5. The summed E-state index contributed by atoms with van der Waals surface area (Å²) in [4.78, 5) is 13.5. The molecule has 1 amide bonds. The van der Waals surface area contributed by atoms with Gasteiger partial charge in [0.05, 0.1) is 6.04 Å². The molecular weight excluding hydrogens is 166 g/mol. The minimum absolute atomic E-state index is 0.0742. The highest BCUT2D eigenvalue weighted by Gasteiger charge is 2.21. The molecule has 0 aromatic carbocycles. The van der Waals surface area contributed by atoms with Crippen molar-refractivity contribution in [1.82, 2.24) is 4.90 Å². The Labute approximate surface area is 79.3 Å². The second kappa shape index (κ2) is 5.19. The standard InChI is InChI=1S/C9H19N3O/c10-5-4-8(11)9(13)12-6-2-1-3-7-12/h8H,1-7,10-11H2. The number of carbonyl (C=O) groups excluding carboxylic acids is 1. The highest BCUT2D eigenvalue weighted by atomic mass is 16.2. The molecule has 0 aliphatic carbocycles. The SMILES string of the molecule is NCCC(N)C(=O)N1CCCCC1. The molecule has 1 saturated heterocycles. The van der Waals surface area contributed by atoms with Gasteiger partial charge in [-0.15, -0.1) is 0 Å². The predicted molar refractivity (Wildman–Crippen MR) is 52.1 cm³/mol. The largest absolute Gasteiger partial charge is 0.341 e. The molecule has 0 spiro atoms. The van der Waals surface area contributed by atoms with E-state index in [4.69, 9.17) is 11.5 Å². The van der Waals surface area contributed by atoms with Gasteiger partial charge in [-0.2, -0.15) is 0 Å². The van der Waals surface area contributed by atoms with Crippen molar-refractivity contribution < 1.29 is 4.79 Å². The lowest BCUT2D eigenvalue weighted by Crippen LogP contribution is -2.46. The fraction of sp³-hybridized carbons (Fsp3) is 0.889. The van der Waals surface area contributed by atoms with E-state index in [9.17, 15) is 4.79 Å². The van der Waals surface area contributed by atoms with Crippen LogP contribution in [0.25, 0.3) is 0 Å². The zero-order chi connectivity index (χ0) is 9.68. The van der Waals surface area contributed by atoms with E-state index in [-0.39, 0.29) is 11.9 Å². The van der Waals surface area contributed by atoms with Crippen LogP contribution in [0.15, 0.2) is 0 Å². The zero-order valence-corrected chi connectivity index (χ0v) is 8.04. The first-order valence-electron chi connectivity index (χ1n) is 5.00. The molecule has 4 N–H and O–H groups in total. The van der Waals surface area contributed by atoms with Gasteiger partial charge in [0.1, 0.15) is 0 Å². The molecule has 1 unspecified atom stereocenters. The van der Waals surface area contributed by atoms with Gasteiger partial charge in [0.2, 0.25) is 5.91 Å². The van der Waals surface area contributed by atoms with Gasteiger partial charge in [0.25, 0.3) is 0 Å². The Balaban J connectivity index is 2.36. The molecule has 1 aliphatic heterocycles. The third-order valence-electron chi connectivity index (χ3n) is 2.46. The number of rotatable bonds is 3. The van der Waals surface area contributed by atoms with Crippen molar-refractivity contribution in [3.8, 4) is 0 Å². The Morgan fingerprint density at radius 1 is 1.31 bits per heavy atom. The third-order valence-corrected chi connectivity index (χ3v) is 2.46. The van der Waals surface area contributed by atoms with Crippen molar-refractivity contribution in [2.24, 2.45) is 11.5 Å². The van der Waals surface area contributed by atoms with Gasteiger partial charge < -0.3 is 16.4 Å². The summed E-state index contributed by atoms with van der Waals surface area (Å²) in [6.45, 7) is 2.23. The molecule has 4 heteroatoms. The maximum Gasteiger partial charge on any atom is 0.239 e. The van der Waals surface area contributed by atoms with Gasteiger partial charge in [-0.05, 0) is 32.2 Å². The molecule has 1 rings (SSSR count). The summed E-state index contributed by atoms with van der Waals surface area (Å²) in [5, 5.41) is 0. The van der Waals surface area contributed by atoms with E-state index < -0.39 is 0 Å². The molecule has 1 fully saturated rings. The Morgan fingerprint density at radius 3 is 2.46 bits per heavy atom. The molecule has 1 atom stereocenters. The summed E-state index contributed by atoms with van der Waals surface area (Å²) in [5.74, 6) is 0.0742. The van der Waals surface area contributed by atoms with Crippen molar-refractivity contribution in [2.45, 2.75) is 31.7 Å². The third kappa shape index (κ3) is 2.97. The maximum absolute atomic E-state index is 11.6. The summed E-state index contributed by atoms with van der Waals surface area (Å²) in [7, 11) is 0. The van der Waals surface area contributed by atoms with Gasteiger partial charge in [0, 0.05) is 13.1 Å². The second-order valence-electron chi connectivity index (χ2n) is 3.57. The number of carbonyl (C=O) groups is 1. The maximum atomic E-state index is 11.6. The smallest absolute Gasteiger partial charge is 0.239 e. The summed E-state index contributed by atoms with van der Waals surface area (Å²) < 4.78 is 0. The number of hydrogen-bond donors (Lipinski definition) is 2. The number of nitrogens with two attached hydrogens (primary N) is 2. The van der Waals surface area contributed by atoms with Crippen molar-refractivity contribution in [2.75, 3.05) is 19.6 Å². The molecule has 0 aromatic heterocycles. The molecule has 0 aromatic rings. The van der Waals surface area contributed by atoms with Crippen LogP contribution in [0.4, 0.5) is 0 Å². The van der Waals surface area contributed by atoms with Crippen LogP contribution < -0.4 is 11.5 Å². The molecule has 4 nitrogen and oxygen atoms in total. The molecule has 0 radical (unpaired) electrons. The fourth-order valence-electron chi connectivity index (χ4n) is 1.65.